The van der Waals surface area contributed by atoms with E-state index >= 15 is 0 Å². The number of alkyl halides is 3. The van der Waals surface area contributed by atoms with Gasteiger partial charge in [0, 0.05) is 12.6 Å². The largest absolute Gasteiger partial charge is 0.447 e. The molecular formula is C19H17F3N2O4. The van der Waals surface area contributed by atoms with Crippen LogP contribution < -0.4 is 10.6 Å². The molecule has 0 aromatic heterocycles. The molecule has 0 fully saturated rings. The zero-order valence-corrected chi connectivity index (χ0v) is 14.7. The number of nitrogens with one attached hydrogen (secondary N) is 2. The molecule has 9 heteroatoms. The van der Waals surface area contributed by atoms with Gasteiger partial charge in [0.2, 0.25) is 6.10 Å². The van der Waals surface area contributed by atoms with Gasteiger partial charge >= 0.3 is 18.2 Å². The third-order valence-electron chi connectivity index (χ3n) is 3.66. The van der Waals surface area contributed by atoms with Crippen LogP contribution in [0.25, 0.3) is 0 Å². The van der Waals surface area contributed by atoms with Crippen molar-refractivity contribution < 1.29 is 32.3 Å². The second-order valence-corrected chi connectivity index (χ2v) is 5.72. The Hall–Kier alpha value is -3.36. The Morgan fingerprint density at radius 3 is 2.32 bits per heavy atom. The number of ether oxygens (including phenoxy) is 1. The molecule has 28 heavy (non-hydrogen) atoms. The highest BCUT2D eigenvalue weighted by molar-refractivity contribution is 5.97. The molecule has 6 nitrogen and oxygen atoms in total. The van der Waals surface area contributed by atoms with Gasteiger partial charge < -0.3 is 10.1 Å². The number of carbonyl (C=O) groups excluding carboxylic acids is 3. The lowest BCUT2D eigenvalue weighted by atomic mass is 10.1. The molecule has 0 bridgehead atoms. The van der Waals surface area contributed by atoms with E-state index in [9.17, 15) is 27.6 Å². The van der Waals surface area contributed by atoms with E-state index in [-0.39, 0.29) is 5.56 Å². The van der Waals surface area contributed by atoms with Crippen molar-refractivity contribution in [1.82, 2.24) is 10.6 Å². The zero-order valence-electron chi connectivity index (χ0n) is 14.7. The normalized spacial score (nSPS) is 12.0. The van der Waals surface area contributed by atoms with Crippen LogP contribution >= 0.6 is 0 Å². The van der Waals surface area contributed by atoms with Crippen LogP contribution in [0, 0.1) is 0 Å². The first-order valence-corrected chi connectivity index (χ1v) is 8.14. The fourth-order valence-corrected chi connectivity index (χ4v) is 2.34. The van der Waals surface area contributed by atoms with Gasteiger partial charge in [-0.05, 0) is 11.6 Å². The molecule has 0 saturated carbocycles. The Morgan fingerprint density at radius 1 is 1.04 bits per heavy atom. The minimum absolute atomic E-state index is 0.0818. The Bertz CT molecular complexity index is 854. The van der Waals surface area contributed by atoms with E-state index in [0.29, 0.717) is 5.56 Å². The molecule has 2 N–H and O–H groups in total. The third kappa shape index (κ3) is 5.83. The molecule has 0 aliphatic carbocycles. The molecule has 0 spiro atoms. The van der Waals surface area contributed by atoms with E-state index in [1.165, 1.54) is 31.3 Å². The van der Waals surface area contributed by atoms with E-state index < -0.39 is 42.2 Å². The van der Waals surface area contributed by atoms with Crippen LogP contribution in [0.2, 0.25) is 0 Å². The maximum atomic E-state index is 12.8. The smallest absolute Gasteiger partial charge is 0.416 e. The molecule has 3 amide bonds. The number of urea groups is 1. The number of esters is 1. The van der Waals surface area contributed by atoms with E-state index in [2.05, 4.69) is 5.32 Å². The summed E-state index contributed by atoms with van der Waals surface area (Å²) in [7, 11) is 1.31. The number of amides is 3. The van der Waals surface area contributed by atoms with Gasteiger partial charge in [0.05, 0.1) is 12.0 Å². The number of carbonyl (C=O) groups is 3. The Balaban J connectivity index is 2.16. The maximum absolute atomic E-state index is 12.8. The van der Waals surface area contributed by atoms with Gasteiger partial charge in [0.15, 0.2) is 0 Å². The van der Waals surface area contributed by atoms with Crippen molar-refractivity contribution in [3.8, 4) is 0 Å². The van der Waals surface area contributed by atoms with Crippen LogP contribution in [0.1, 0.15) is 22.8 Å². The van der Waals surface area contributed by atoms with E-state index in [1.54, 1.807) is 18.2 Å². The minimum atomic E-state index is -4.54. The SMILES string of the molecule is CNC(=O)NC(=O)[C@H](OC(=O)Cc1cccc(C(F)(F)F)c1)c1ccccc1. The maximum Gasteiger partial charge on any atom is 0.416 e. The van der Waals surface area contributed by atoms with Crippen molar-refractivity contribution in [3.63, 3.8) is 0 Å². The summed E-state index contributed by atoms with van der Waals surface area (Å²) in [6.45, 7) is 0. The van der Waals surface area contributed by atoms with E-state index in [0.717, 1.165) is 12.1 Å². The zero-order chi connectivity index (χ0) is 20.7. The van der Waals surface area contributed by atoms with E-state index in [1.807, 2.05) is 5.32 Å². The standard InChI is InChI=1S/C19H17F3N2O4/c1-23-18(27)24-17(26)16(13-7-3-2-4-8-13)28-15(25)11-12-6-5-9-14(10-12)19(20,21)22/h2-10,16H,11H2,1H3,(H2,23,24,26,27)/t16-/m1/s1. The molecule has 1 atom stereocenters. The molecule has 2 aromatic rings. The van der Waals surface area contributed by atoms with Gasteiger partial charge in [-0.3, -0.25) is 14.9 Å². The summed E-state index contributed by atoms with van der Waals surface area (Å²) in [5.74, 6) is -1.80. The highest BCUT2D eigenvalue weighted by Gasteiger charge is 2.31. The molecule has 0 aliphatic heterocycles. The Labute approximate surface area is 158 Å². The summed E-state index contributed by atoms with van der Waals surface area (Å²) >= 11 is 0. The average Bonchev–Trinajstić information content (AvgIpc) is 2.66. The molecule has 0 unspecified atom stereocenters. The lowest BCUT2D eigenvalue weighted by Gasteiger charge is -2.17. The molecule has 0 radical (unpaired) electrons. The highest BCUT2D eigenvalue weighted by atomic mass is 19.4. The highest BCUT2D eigenvalue weighted by Crippen LogP contribution is 2.29. The van der Waals surface area contributed by atoms with Gasteiger partial charge in [-0.25, -0.2) is 4.79 Å². The molecular weight excluding hydrogens is 377 g/mol. The van der Waals surface area contributed by atoms with Crippen LogP contribution in [-0.2, 0) is 26.9 Å². The van der Waals surface area contributed by atoms with Gasteiger partial charge in [-0.1, -0.05) is 48.5 Å². The first-order valence-electron chi connectivity index (χ1n) is 8.14. The van der Waals surface area contributed by atoms with Crippen LogP contribution in [-0.4, -0.2) is 25.0 Å². The fraction of sp³-hybridized carbons (Fsp3) is 0.211. The second kappa shape index (κ2) is 9.03. The summed E-state index contributed by atoms with van der Waals surface area (Å²) in [6.07, 6.45) is -6.45. The van der Waals surface area contributed by atoms with Gasteiger partial charge in [-0.2, -0.15) is 13.2 Å². The summed E-state index contributed by atoms with van der Waals surface area (Å²) in [5, 5.41) is 4.21. The number of hydrogen-bond acceptors (Lipinski definition) is 4. The topological polar surface area (TPSA) is 84.5 Å². The summed E-state index contributed by atoms with van der Waals surface area (Å²) in [6, 6.07) is 11.4. The van der Waals surface area contributed by atoms with Crippen molar-refractivity contribution in [1.29, 1.82) is 0 Å². The fourth-order valence-electron chi connectivity index (χ4n) is 2.34. The lowest BCUT2D eigenvalue weighted by molar-refractivity contribution is -0.155. The summed E-state index contributed by atoms with van der Waals surface area (Å²) < 4.78 is 43.5. The number of imide groups is 1. The first kappa shape index (κ1) is 20.9. The lowest BCUT2D eigenvalue weighted by Crippen LogP contribution is -2.41. The van der Waals surface area contributed by atoms with Gasteiger partial charge in [0.25, 0.3) is 5.91 Å². The van der Waals surface area contributed by atoms with Crippen molar-refractivity contribution in [3.05, 3.63) is 71.3 Å². The molecule has 2 aromatic carbocycles. The van der Waals surface area contributed by atoms with Crippen molar-refractivity contribution in [2.75, 3.05) is 7.05 Å². The van der Waals surface area contributed by atoms with Crippen molar-refractivity contribution in [2.45, 2.75) is 18.7 Å². The van der Waals surface area contributed by atoms with Crippen LogP contribution in [0.15, 0.2) is 54.6 Å². The minimum Gasteiger partial charge on any atom is -0.447 e. The monoisotopic (exact) mass is 394 g/mol. The van der Waals surface area contributed by atoms with Crippen LogP contribution in [0.4, 0.5) is 18.0 Å². The summed E-state index contributed by atoms with van der Waals surface area (Å²) in [5.41, 5.74) is -0.505. The molecule has 0 heterocycles. The van der Waals surface area contributed by atoms with E-state index in [4.69, 9.17) is 4.74 Å². The number of halogens is 3. The van der Waals surface area contributed by atoms with Crippen molar-refractivity contribution >= 4 is 17.9 Å². The molecule has 148 valence electrons. The Morgan fingerprint density at radius 2 is 1.71 bits per heavy atom. The predicted octanol–water partition coefficient (Wildman–Crippen LogP) is 2.99. The number of rotatable bonds is 5. The van der Waals surface area contributed by atoms with Crippen LogP contribution in [0.3, 0.4) is 0 Å². The van der Waals surface area contributed by atoms with Gasteiger partial charge in [-0.15, -0.1) is 0 Å². The second-order valence-electron chi connectivity index (χ2n) is 5.72. The van der Waals surface area contributed by atoms with Crippen LogP contribution in [0.5, 0.6) is 0 Å². The van der Waals surface area contributed by atoms with Crippen molar-refractivity contribution in [2.24, 2.45) is 0 Å². The van der Waals surface area contributed by atoms with Gasteiger partial charge in [0.1, 0.15) is 0 Å². The molecule has 2 rings (SSSR count). The first-order chi connectivity index (χ1) is 13.2. The number of hydrogen-bond donors (Lipinski definition) is 2. The predicted molar refractivity (Wildman–Crippen MR) is 93.0 cm³/mol. The Kier molecular flexibility index (Phi) is 6.75. The summed E-state index contributed by atoms with van der Waals surface area (Å²) in [4.78, 5) is 35.9. The average molecular weight is 394 g/mol. The number of benzene rings is 2. The quantitative estimate of drug-likeness (QED) is 0.764. The third-order valence-corrected chi connectivity index (χ3v) is 3.66. The molecule has 0 aliphatic rings. The molecule has 0 saturated heterocycles.